The molecule has 0 aliphatic carbocycles. The molecule has 0 radical (unpaired) electrons. The van der Waals surface area contributed by atoms with Gasteiger partial charge in [-0.1, -0.05) is 6.42 Å². The van der Waals surface area contributed by atoms with Gasteiger partial charge in [0.2, 0.25) is 0 Å². The van der Waals surface area contributed by atoms with E-state index in [-0.39, 0.29) is 5.78 Å². The summed E-state index contributed by atoms with van der Waals surface area (Å²) in [6, 6.07) is 2.10. The first-order chi connectivity index (χ1) is 12.0. The van der Waals surface area contributed by atoms with Crippen LogP contribution in [0.2, 0.25) is 0 Å². The molecule has 0 amide bonds. The van der Waals surface area contributed by atoms with Crippen molar-refractivity contribution < 1.29 is 4.79 Å². The summed E-state index contributed by atoms with van der Waals surface area (Å²) >= 11 is 0. The zero-order valence-corrected chi connectivity index (χ0v) is 14.9. The molecule has 7 nitrogen and oxygen atoms in total. The Morgan fingerprint density at radius 2 is 2.08 bits per heavy atom. The summed E-state index contributed by atoms with van der Waals surface area (Å²) in [5, 5.41) is 22.2. The fourth-order valence-corrected chi connectivity index (χ4v) is 3.26. The number of rotatable bonds is 4. The van der Waals surface area contributed by atoms with E-state index < -0.39 is 5.92 Å². The van der Waals surface area contributed by atoms with Gasteiger partial charge in [-0.25, -0.2) is 0 Å². The van der Waals surface area contributed by atoms with E-state index in [1.165, 1.54) is 6.08 Å². The predicted molar refractivity (Wildman–Crippen MR) is 92.7 cm³/mol. The zero-order valence-electron chi connectivity index (χ0n) is 14.9. The maximum Gasteiger partial charge on any atom is 0.180 e. The van der Waals surface area contributed by atoms with Crippen LogP contribution in [0.3, 0.4) is 0 Å². The molecule has 0 unspecified atom stereocenters. The second-order valence-electron chi connectivity index (χ2n) is 6.44. The fraction of sp³-hybridized carbons (Fsp3) is 0.500. The monoisotopic (exact) mass is 338 g/mol. The van der Waals surface area contributed by atoms with Crippen molar-refractivity contribution in [2.24, 2.45) is 7.05 Å². The van der Waals surface area contributed by atoms with Gasteiger partial charge in [0.05, 0.1) is 11.8 Å². The molecular formula is C18H22N6O. The molecule has 0 bridgehead atoms. The van der Waals surface area contributed by atoms with Crippen LogP contribution in [0.1, 0.15) is 53.8 Å². The van der Waals surface area contributed by atoms with E-state index >= 15 is 0 Å². The Morgan fingerprint density at radius 1 is 1.28 bits per heavy atom. The number of aryl methyl sites for hydroxylation is 3. The maximum atomic E-state index is 12.6. The van der Waals surface area contributed by atoms with Crippen molar-refractivity contribution in [1.29, 1.82) is 5.26 Å². The molecule has 2 aromatic heterocycles. The Bertz CT molecular complexity index is 867. The third-order valence-corrected chi connectivity index (χ3v) is 4.79. The average molecular weight is 338 g/mol. The molecule has 0 saturated carbocycles. The molecule has 0 fully saturated rings. The number of hydrogen-bond donors (Lipinski definition) is 0. The zero-order chi connectivity index (χ0) is 18.0. The number of aromatic nitrogens is 5. The third-order valence-electron chi connectivity index (χ3n) is 4.79. The highest BCUT2D eigenvalue weighted by Crippen LogP contribution is 2.22. The van der Waals surface area contributed by atoms with E-state index in [4.69, 9.17) is 0 Å². The van der Waals surface area contributed by atoms with Gasteiger partial charge < -0.3 is 4.57 Å². The number of carbonyl (C=O) groups is 1. The highest BCUT2D eigenvalue weighted by atomic mass is 16.1. The topological polar surface area (TPSA) is 89.4 Å². The molecule has 1 atom stereocenters. The minimum atomic E-state index is -0.923. The molecule has 1 aliphatic rings. The number of fused-ring (bicyclic) bond motifs is 1. The fourth-order valence-electron chi connectivity index (χ4n) is 3.26. The van der Waals surface area contributed by atoms with Crippen LogP contribution in [-0.4, -0.2) is 30.3 Å². The van der Waals surface area contributed by atoms with Gasteiger partial charge in [0.15, 0.2) is 17.5 Å². The molecule has 0 saturated heterocycles. The van der Waals surface area contributed by atoms with Crippen molar-refractivity contribution >= 4 is 11.9 Å². The van der Waals surface area contributed by atoms with Crippen molar-refractivity contribution in [3.8, 4) is 6.07 Å². The van der Waals surface area contributed by atoms with Crippen molar-refractivity contribution in [2.45, 2.75) is 52.0 Å². The third kappa shape index (κ3) is 3.25. The molecule has 2 aromatic rings. The summed E-state index contributed by atoms with van der Waals surface area (Å²) in [5.74, 6) is 0.148. The Morgan fingerprint density at radius 3 is 2.76 bits per heavy atom. The minimum Gasteiger partial charge on any atom is -0.313 e. The van der Waals surface area contributed by atoms with Gasteiger partial charge in [-0.3, -0.25) is 9.48 Å². The first-order valence-electron chi connectivity index (χ1n) is 8.56. The van der Waals surface area contributed by atoms with Crippen LogP contribution in [0.4, 0.5) is 0 Å². The smallest absolute Gasteiger partial charge is 0.180 e. The summed E-state index contributed by atoms with van der Waals surface area (Å²) < 4.78 is 3.73. The second kappa shape index (κ2) is 7.01. The van der Waals surface area contributed by atoms with E-state index in [1.807, 2.05) is 25.5 Å². The maximum absolute atomic E-state index is 12.6. The lowest BCUT2D eigenvalue weighted by Crippen LogP contribution is -2.15. The Labute approximate surface area is 147 Å². The SMILES string of the molecule is Cc1nn(C)c(C)c1/C=C/C(=O)[C@H](C#N)c1nnc2n1CCCCC2. The lowest BCUT2D eigenvalue weighted by molar-refractivity contribution is -0.115. The summed E-state index contributed by atoms with van der Waals surface area (Å²) in [5.41, 5.74) is 2.74. The van der Waals surface area contributed by atoms with Crippen LogP contribution in [0.25, 0.3) is 6.08 Å². The van der Waals surface area contributed by atoms with Gasteiger partial charge in [0, 0.05) is 31.3 Å². The molecule has 0 spiro atoms. The first-order valence-corrected chi connectivity index (χ1v) is 8.56. The molecule has 1 aliphatic heterocycles. The number of ketones is 1. The molecule has 3 rings (SSSR count). The van der Waals surface area contributed by atoms with Crippen LogP contribution in [0, 0.1) is 25.2 Å². The molecule has 130 valence electrons. The number of nitriles is 1. The summed E-state index contributed by atoms with van der Waals surface area (Å²) in [4.78, 5) is 12.6. The molecule has 25 heavy (non-hydrogen) atoms. The highest BCUT2D eigenvalue weighted by Gasteiger charge is 2.26. The Balaban J connectivity index is 1.87. The molecule has 3 heterocycles. The number of nitrogens with zero attached hydrogens (tertiary/aromatic N) is 6. The van der Waals surface area contributed by atoms with Gasteiger partial charge >= 0.3 is 0 Å². The summed E-state index contributed by atoms with van der Waals surface area (Å²) in [6.07, 6.45) is 7.28. The number of carbonyl (C=O) groups excluding carboxylic acids is 1. The van der Waals surface area contributed by atoms with Crippen molar-refractivity contribution in [2.75, 3.05) is 0 Å². The van der Waals surface area contributed by atoms with Crippen LogP contribution in [-0.2, 0) is 24.8 Å². The normalized spacial score (nSPS) is 15.6. The predicted octanol–water partition coefficient (Wildman–Crippen LogP) is 2.24. The van der Waals surface area contributed by atoms with Gasteiger partial charge in [0.1, 0.15) is 5.82 Å². The molecule has 7 heteroatoms. The van der Waals surface area contributed by atoms with Gasteiger partial charge in [0.25, 0.3) is 0 Å². The Hall–Kier alpha value is -2.75. The number of hydrogen-bond acceptors (Lipinski definition) is 5. The van der Waals surface area contributed by atoms with E-state index in [1.54, 1.807) is 10.8 Å². The minimum absolute atomic E-state index is 0.274. The molecule has 0 N–H and O–H groups in total. The van der Waals surface area contributed by atoms with Crippen molar-refractivity contribution in [3.05, 3.63) is 34.7 Å². The summed E-state index contributed by atoms with van der Waals surface area (Å²) in [7, 11) is 1.87. The van der Waals surface area contributed by atoms with E-state index in [0.717, 1.165) is 55.0 Å². The average Bonchev–Trinajstić information content (AvgIpc) is 2.97. The van der Waals surface area contributed by atoms with Crippen LogP contribution in [0.15, 0.2) is 6.08 Å². The van der Waals surface area contributed by atoms with E-state index in [2.05, 4.69) is 21.4 Å². The quantitative estimate of drug-likeness (QED) is 0.798. The summed E-state index contributed by atoms with van der Waals surface area (Å²) in [6.45, 7) is 4.62. The lowest BCUT2D eigenvalue weighted by Gasteiger charge is -2.09. The van der Waals surface area contributed by atoms with Gasteiger partial charge in [-0.05, 0) is 38.8 Å². The van der Waals surface area contributed by atoms with Crippen LogP contribution < -0.4 is 0 Å². The first kappa shape index (κ1) is 17.1. The lowest BCUT2D eigenvalue weighted by atomic mass is 10.0. The van der Waals surface area contributed by atoms with E-state index in [9.17, 15) is 10.1 Å². The largest absolute Gasteiger partial charge is 0.313 e. The molecular weight excluding hydrogens is 316 g/mol. The highest BCUT2D eigenvalue weighted by molar-refractivity contribution is 6.00. The van der Waals surface area contributed by atoms with Crippen molar-refractivity contribution in [1.82, 2.24) is 24.5 Å². The van der Waals surface area contributed by atoms with Crippen LogP contribution in [0.5, 0.6) is 0 Å². The van der Waals surface area contributed by atoms with Crippen LogP contribution >= 0.6 is 0 Å². The standard InChI is InChI=1S/C18H22N6O/c1-12-14(13(2)23(3)22-12)8-9-16(25)15(11-19)18-21-20-17-7-5-4-6-10-24(17)18/h8-9,15H,4-7,10H2,1-3H3/b9-8+/t15-/m0/s1. The molecule has 0 aromatic carbocycles. The van der Waals surface area contributed by atoms with Crippen molar-refractivity contribution in [3.63, 3.8) is 0 Å². The second-order valence-corrected chi connectivity index (χ2v) is 6.44. The van der Waals surface area contributed by atoms with E-state index in [0.29, 0.717) is 5.82 Å². The van der Waals surface area contributed by atoms with Gasteiger partial charge in [-0.15, -0.1) is 10.2 Å². The van der Waals surface area contributed by atoms with Gasteiger partial charge in [-0.2, -0.15) is 10.4 Å². The Kier molecular flexibility index (Phi) is 4.79. The number of allylic oxidation sites excluding steroid dienone is 1.